The largest absolute Gasteiger partial charge is 0.397 e. The number of rotatable bonds is 5. The van der Waals surface area contributed by atoms with Crippen molar-refractivity contribution < 1.29 is 4.79 Å². The minimum atomic E-state index is -0.0416. The van der Waals surface area contributed by atoms with Crippen molar-refractivity contribution in [2.24, 2.45) is 0 Å². The second-order valence-electron chi connectivity index (χ2n) is 5.05. The molecule has 0 saturated heterocycles. The summed E-state index contributed by atoms with van der Waals surface area (Å²) in [5.74, 6) is -0.0416. The Hall–Kier alpha value is -2.30. The molecule has 1 amide bonds. The van der Waals surface area contributed by atoms with E-state index in [1.54, 1.807) is 16.9 Å². The number of carbonyl (C=O) groups is 1. The van der Waals surface area contributed by atoms with Crippen LogP contribution in [0.25, 0.3) is 5.69 Å². The number of hydrogen-bond donors (Lipinski definition) is 1. The summed E-state index contributed by atoms with van der Waals surface area (Å²) in [6.07, 6.45) is 2.69. The lowest BCUT2D eigenvalue weighted by Crippen LogP contribution is -2.38. The number of nitrogens with two attached hydrogens (primary N) is 1. The molecule has 1 atom stereocenters. The van der Waals surface area contributed by atoms with Crippen molar-refractivity contribution in [3.63, 3.8) is 0 Å². The van der Waals surface area contributed by atoms with Crippen molar-refractivity contribution in [2.45, 2.75) is 33.2 Å². The molecule has 1 unspecified atom stereocenters. The summed E-state index contributed by atoms with van der Waals surface area (Å²) in [5, 5.41) is 4.37. The van der Waals surface area contributed by atoms with E-state index < -0.39 is 0 Å². The Bertz CT molecular complexity index is 620. The molecule has 0 spiro atoms. The smallest absolute Gasteiger partial charge is 0.274 e. The first-order valence-corrected chi connectivity index (χ1v) is 7.30. The molecule has 0 aliphatic carbocycles. The lowest BCUT2D eigenvalue weighted by molar-refractivity contribution is 0.0693. The molecule has 2 N–H and O–H groups in total. The van der Waals surface area contributed by atoms with Crippen molar-refractivity contribution in [3.05, 3.63) is 42.2 Å². The number of hydrogen-bond acceptors (Lipinski definition) is 3. The fourth-order valence-electron chi connectivity index (χ4n) is 2.29. The minimum Gasteiger partial charge on any atom is -0.397 e. The monoisotopic (exact) mass is 286 g/mol. The van der Waals surface area contributed by atoms with Gasteiger partial charge in [0.25, 0.3) is 5.91 Å². The van der Waals surface area contributed by atoms with Gasteiger partial charge in [0.1, 0.15) is 0 Å². The summed E-state index contributed by atoms with van der Waals surface area (Å²) in [6, 6.07) is 9.40. The fourth-order valence-corrected chi connectivity index (χ4v) is 2.29. The highest BCUT2D eigenvalue weighted by atomic mass is 16.2. The summed E-state index contributed by atoms with van der Waals surface area (Å²) >= 11 is 0. The molecule has 1 aromatic heterocycles. The predicted molar refractivity (Wildman–Crippen MR) is 84.4 cm³/mol. The number of amides is 1. The van der Waals surface area contributed by atoms with Crippen LogP contribution in [0.1, 0.15) is 37.7 Å². The molecule has 21 heavy (non-hydrogen) atoms. The van der Waals surface area contributed by atoms with Crippen LogP contribution in [0.15, 0.2) is 36.5 Å². The third-order valence-electron chi connectivity index (χ3n) is 3.72. The molecule has 2 rings (SSSR count). The van der Waals surface area contributed by atoms with Crippen LogP contribution in [-0.2, 0) is 0 Å². The Kier molecular flexibility index (Phi) is 4.62. The van der Waals surface area contributed by atoms with E-state index in [2.05, 4.69) is 12.0 Å². The quantitative estimate of drug-likeness (QED) is 0.859. The molecule has 0 aliphatic rings. The van der Waals surface area contributed by atoms with Gasteiger partial charge in [-0.25, -0.2) is 4.68 Å². The van der Waals surface area contributed by atoms with E-state index >= 15 is 0 Å². The Morgan fingerprint density at radius 2 is 2.05 bits per heavy atom. The Morgan fingerprint density at radius 1 is 1.33 bits per heavy atom. The van der Waals surface area contributed by atoms with Crippen molar-refractivity contribution in [2.75, 3.05) is 12.3 Å². The summed E-state index contributed by atoms with van der Waals surface area (Å²) in [4.78, 5) is 14.4. The van der Waals surface area contributed by atoms with Gasteiger partial charge in [-0.1, -0.05) is 19.1 Å². The number of para-hydroxylation sites is 2. The van der Waals surface area contributed by atoms with E-state index in [9.17, 15) is 4.79 Å². The van der Waals surface area contributed by atoms with Crippen molar-refractivity contribution in [3.8, 4) is 5.69 Å². The maximum Gasteiger partial charge on any atom is 0.274 e. The molecule has 0 radical (unpaired) electrons. The van der Waals surface area contributed by atoms with Gasteiger partial charge in [0.05, 0.1) is 11.4 Å². The third-order valence-corrected chi connectivity index (χ3v) is 3.72. The molecule has 1 heterocycles. The topological polar surface area (TPSA) is 64.2 Å². The normalized spacial score (nSPS) is 12.1. The van der Waals surface area contributed by atoms with Gasteiger partial charge in [-0.2, -0.15) is 5.10 Å². The molecule has 5 nitrogen and oxygen atoms in total. The summed E-state index contributed by atoms with van der Waals surface area (Å²) in [5.41, 5.74) is 7.80. The number of benzene rings is 1. The first kappa shape index (κ1) is 15.1. The molecule has 0 saturated carbocycles. The maximum absolute atomic E-state index is 12.5. The zero-order valence-corrected chi connectivity index (χ0v) is 12.8. The molecular weight excluding hydrogens is 264 g/mol. The van der Waals surface area contributed by atoms with Crippen molar-refractivity contribution in [1.82, 2.24) is 14.7 Å². The van der Waals surface area contributed by atoms with Crippen LogP contribution >= 0.6 is 0 Å². The highest BCUT2D eigenvalue weighted by molar-refractivity contribution is 5.92. The lowest BCUT2D eigenvalue weighted by atomic mass is 10.2. The van der Waals surface area contributed by atoms with Crippen LogP contribution in [0, 0.1) is 0 Å². The average molecular weight is 286 g/mol. The zero-order valence-electron chi connectivity index (χ0n) is 12.8. The van der Waals surface area contributed by atoms with Crippen LogP contribution in [-0.4, -0.2) is 33.2 Å². The third kappa shape index (κ3) is 3.07. The van der Waals surface area contributed by atoms with E-state index in [0.29, 0.717) is 17.9 Å². The lowest BCUT2D eigenvalue weighted by Gasteiger charge is -2.26. The number of anilines is 1. The van der Waals surface area contributed by atoms with Gasteiger partial charge in [0.15, 0.2) is 5.69 Å². The fraction of sp³-hybridized carbons (Fsp3) is 0.375. The molecule has 5 heteroatoms. The molecule has 0 bridgehead atoms. The van der Waals surface area contributed by atoms with E-state index in [4.69, 9.17) is 5.73 Å². The van der Waals surface area contributed by atoms with Crippen LogP contribution in [0.2, 0.25) is 0 Å². The highest BCUT2D eigenvalue weighted by Gasteiger charge is 2.21. The molecule has 112 valence electrons. The first-order valence-electron chi connectivity index (χ1n) is 7.30. The van der Waals surface area contributed by atoms with E-state index in [1.807, 2.05) is 43.0 Å². The van der Waals surface area contributed by atoms with Gasteiger partial charge in [0, 0.05) is 18.8 Å². The SMILES string of the molecule is CCC(C)N(CC)C(=O)c1ccn(-c2ccccc2N)n1. The van der Waals surface area contributed by atoms with Gasteiger partial charge in [0.2, 0.25) is 0 Å². The Balaban J connectivity index is 2.27. The van der Waals surface area contributed by atoms with E-state index in [1.165, 1.54) is 0 Å². The Morgan fingerprint density at radius 3 is 2.67 bits per heavy atom. The van der Waals surface area contributed by atoms with Gasteiger partial charge in [-0.15, -0.1) is 0 Å². The number of aromatic nitrogens is 2. The number of carbonyl (C=O) groups excluding carboxylic acids is 1. The van der Waals surface area contributed by atoms with Crippen LogP contribution < -0.4 is 5.73 Å². The first-order chi connectivity index (χ1) is 10.1. The van der Waals surface area contributed by atoms with Gasteiger partial charge in [-0.05, 0) is 38.5 Å². The minimum absolute atomic E-state index is 0.0416. The Labute approximate surface area is 125 Å². The van der Waals surface area contributed by atoms with Crippen molar-refractivity contribution >= 4 is 11.6 Å². The summed E-state index contributed by atoms with van der Waals surface area (Å²) in [7, 11) is 0. The van der Waals surface area contributed by atoms with E-state index in [0.717, 1.165) is 12.1 Å². The number of nitrogens with zero attached hydrogens (tertiary/aromatic N) is 3. The van der Waals surface area contributed by atoms with Crippen LogP contribution in [0.3, 0.4) is 0 Å². The van der Waals surface area contributed by atoms with Crippen LogP contribution in [0.4, 0.5) is 5.69 Å². The maximum atomic E-state index is 12.5. The summed E-state index contributed by atoms with van der Waals surface area (Å²) < 4.78 is 1.65. The second kappa shape index (κ2) is 6.43. The molecule has 0 aliphatic heterocycles. The molecular formula is C16H22N4O. The van der Waals surface area contributed by atoms with Gasteiger partial charge in [-0.3, -0.25) is 4.79 Å². The molecule has 2 aromatic rings. The zero-order chi connectivity index (χ0) is 15.4. The van der Waals surface area contributed by atoms with Gasteiger partial charge < -0.3 is 10.6 Å². The second-order valence-corrected chi connectivity index (χ2v) is 5.05. The average Bonchev–Trinajstić information content (AvgIpc) is 2.97. The predicted octanol–water partition coefficient (Wildman–Crippen LogP) is 2.72. The van der Waals surface area contributed by atoms with Gasteiger partial charge >= 0.3 is 0 Å². The van der Waals surface area contributed by atoms with Crippen molar-refractivity contribution in [1.29, 1.82) is 0 Å². The number of nitrogen functional groups attached to an aromatic ring is 1. The molecule has 1 aromatic carbocycles. The van der Waals surface area contributed by atoms with E-state index in [-0.39, 0.29) is 11.9 Å². The standard InChI is InChI=1S/C16H22N4O/c1-4-12(3)19(5-2)16(21)14-10-11-20(18-14)15-9-7-6-8-13(15)17/h6-12H,4-5,17H2,1-3H3. The highest BCUT2D eigenvalue weighted by Crippen LogP contribution is 2.16. The van der Waals surface area contributed by atoms with Crippen LogP contribution in [0.5, 0.6) is 0 Å². The summed E-state index contributed by atoms with van der Waals surface area (Å²) in [6.45, 7) is 6.78. The molecule has 0 fully saturated rings.